The van der Waals surface area contributed by atoms with E-state index in [1.807, 2.05) is 0 Å². The van der Waals surface area contributed by atoms with Crippen LogP contribution in [0.4, 0.5) is 5.69 Å². The SMILES string of the molecule is Cc1ccc(N(C)CCC(CO)NC2CC2)cc1. The molecule has 3 heteroatoms. The van der Waals surface area contributed by atoms with Gasteiger partial charge >= 0.3 is 0 Å². The second-order valence-electron chi connectivity index (χ2n) is 5.37. The predicted octanol–water partition coefficient (Wildman–Crippen LogP) is 1.93. The fourth-order valence-electron chi connectivity index (χ4n) is 2.09. The summed E-state index contributed by atoms with van der Waals surface area (Å²) in [4.78, 5) is 2.25. The molecule has 0 bridgehead atoms. The summed E-state index contributed by atoms with van der Waals surface area (Å²) >= 11 is 0. The zero-order valence-electron chi connectivity index (χ0n) is 11.4. The zero-order valence-corrected chi connectivity index (χ0v) is 11.4. The highest BCUT2D eigenvalue weighted by atomic mass is 16.3. The van der Waals surface area contributed by atoms with Crippen LogP contribution in [0, 0.1) is 6.92 Å². The Bertz CT molecular complexity index is 359. The van der Waals surface area contributed by atoms with Gasteiger partial charge in [-0.15, -0.1) is 0 Å². The molecule has 0 spiro atoms. The van der Waals surface area contributed by atoms with E-state index in [2.05, 4.69) is 48.5 Å². The van der Waals surface area contributed by atoms with E-state index >= 15 is 0 Å². The maximum Gasteiger partial charge on any atom is 0.0585 e. The number of rotatable bonds is 7. The van der Waals surface area contributed by atoms with Gasteiger partial charge < -0.3 is 15.3 Å². The molecule has 3 nitrogen and oxygen atoms in total. The fraction of sp³-hybridized carbons (Fsp3) is 0.600. The van der Waals surface area contributed by atoms with Gasteiger partial charge in [0.25, 0.3) is 0 Å². The number of hydrogen-bond acceptors (Lipinski definition) is 3. The lowest BCUT2D eigenvalue weighted by atomic mass is 10.2. The highest BCUT2D eigenvalue weighted by Gasteiger charge is 2.24. The highest BCUT2D eigenvalue weighted by molar-refractivity contribution is 5.46. The summed E-state index contributed by atoms with van der Waals surface area (Å²) in [5.74, 6) is 0. The molecule has 1 saturated carbocycles. The van der Waals surface area contributed by atoms with Crippen LogP contribution in [0.5, 0.6) is 0 Å². The number of benzene rings is 1. The Morgan fingerprint density at radius 3 is 2.56 bits per heavy atom. The van der Waals surface area contributed by atoms with E-state index in [0.717, 1.165) is 13.0 Å². The van der Waals surface area contributed by atoms with Gasteiger partial charge in [0.15, 0.2) is 0 Å². The Hall–Kier alpha value is -1.06. The van der Waals surface area contributed by atoms with E-state index in [4.69, 9.17) is 0 Å². The maximum absolute atomic E-state index is 9.34. The first-order valence-electron chi connectivity index (χ1n) is 6.83. The number of aliphatic hydroxyl groups is 1. The summed E-state index contributed by atoms with van der Waals surface area (Å²) in [5, 5.41) is 12.8. The first kappa shape index (κ1) is 13.4. The molecule has 2 N–H and O–H groups in total. The largest absolute Gasteiger partial charge is 0.395 e. The van der Waals surface area contributed by atoms with E-state index in [0.29, 0.717) is 6.04 Å². The summed E-state index contributed by atoms with van der Waals surface area (Å²) in [6.07, 6.45) is 3.52. The van der Waals surface area contributed by atoms with Gasteiger partial charge in [-0.2, -0.15) is 0 Å². The maximum atomic E-state index is 9.34. The van der Waals surface area contributed by atoms with Gasteiger partial charge in [0, 0.05) is 31.4 Å². The Labute approximate surface area is 110 Å². The number of nitrogens with zero attached hydrogens (tertiary/aromatic N) is 1. The monoisotopic (exact) mass is 248 g/mol. The number of hydrogen-bond donors (Lipinski definition) is 2. The number of aryl methyl sites for hydroxylation is 1. The van der Waals surface area contributed by atoms with Crippen molar-refractivity contribution in [3.05, 3.63) is 29.8 Å². The summed E-state index contributed by atoms with van der Waals surface area (Å²) < 4.78 is 0. The third-order valence-corrected chi connectivity index (χ3v) is 3.56. The molecule has 0 aliphatic heterocycles. The lowest BCUT2D eigenvalue weighted by Crippen LogP contribution is -2.37. The quantitative estimate of drug-likeness (QED) is 0.774. The molecule has 18 heavy (non-hydrogen) atoms. The minimum absolute atomic E-state index is 0.234. The van der Waals surface area contributed by atoms with Gasteiger partial charge in [-0.25, -0.2) is 0 Å². The number of anilines is 1. The molecule has 1 unspecified atom stereocenters. The molecule has 100 valence electrons. The second-order valence-corrected chi connectivity index (χ2v) is 5.37. The van der Waals surface area contributed by atoms with Crippen LogP contribution in [0.3, 0.4) is 0 Å². The Morgan fingerprint density at radius 1 is 1.33 bits per heavy atom. The van der Waals surface area contributed by atoms with Crippen LogP contribution >= 0.6 is 0 Å². The van der Waals surface area contributed by atoms with Gasteiger partial charge in [0.1, 0.15) is 0 Å². The van der Waals surface area contributed by atoms with Crippen molar-refractivity contribution in [3.63, 3.8) is 0 Å². The molecular weight excluding hydrogens is 224 g/mol. The molecule has 0 radical (unpaired) electrons. The fourth-order valence-corrected chi connectivity index (χ4v) is 2.09. The van der Waals surface area contributed by atoms with Crippen molar-refractivity contribution in [1.82, 2.24) is 5.32 Å². The molecule has 1 fully saturated rings. The van der Waals surface area contributed by atoms with Gasteiger partial charge in [-0.05, 0) is 38.3 Å². The van der Waals surface area contributed by atoms with Gasteiger partial charge in [0.05, 0.1) is 6.61 Å². The van der Waals surface area contributed by atoms with Crippen LogP contribution in [-0.2, 0) is 0 Å². The topological polar surface area (TPSA) is 35.5 Å². The average molecular weight is 248 g/mol. The Morgan fingerprint density at radius 2 is 2.00 bits per heavy atom. The van der Waals surface area contributed by atoms with Crippen molar-refractivity contribution in [3.8, 4) is 0 Å². The summed E-state index contributed by atoms with van der Waals surface area (Å²) in [5.41, 5.74) is 2.53. The van der Waals surface area contributed by atoms with Crippen molar-refractivity contribution in [2.75, 3.05) is 25.1 Å². The first-order chi connectivity index (χ1) is 8.69. The van der Waals surface area contributed by atoms with Crippen LogP contribution in [-0.4, -0.2) is 37.4 Å². The molecule has 1 aromatic carbocycles. The Kier molecular flexibility index (Phi) is 4.61. The van der Waals surface area contributed by atoms with Crippen LogP contribution < -0.4 is 10.2 Å². The smallest absolute Gasteiger partial charge is 0.0585 e. The lowest BCUT2D eigenvalue weighted by molar-refractivity contribution is 0.235. The third-order valence-electron chi connectivity index (χ3n) is 3.56. The van der Waals surface area contributed by atoms with E-state index in [1.54, 1.807) is 0 Å². The van der Waals surface area contributed by atoms with Gasteiger partial charge in [-0.3, -0.25) is 0 Å². The molecule has 1 atom stereocenters. The highest BCUT2D eigenvalue weighted by Crippen LogP contribution is 2.20. The van der Waals surface area contributed by atoms with E-state index in [9.17, 15) is 5.11 Å². The van der Waals surface area contributed by atoms with Crippen molar-refractivity contribution in [1.29, 1.82) is 0 Å². The van der Waals surface area contributed by atoms with E-state index < -0.39 is 0 Å². The van der Waals surface area contributed by atoms with Crippen LogP contribution in [0.25, 0.3) is 0 Å². The Balaban J connectivity index is 1.78. The third kappa shape index (κ3) is 4.00. The van der Waals surface area contributed by atoms with E-state index in [-0.39, 0.29) is 12.6 Å². The summed E-state index contributed by atoms with van der Waals surface area (Å²) in [7, 11) is 2.11. The van der Waals surface area contributed by atoms with Crippen molar-refractivity contribution < 1.29 is 5.11 Å². The molecule has 0 saturated heterocycles. The van der Waals surface area contributed by atoms with E-state index in [1.165, 1.54) is 24.1 Å². The molecule has 1 aromatic rings. The summed E-state index contributed by atoms with van der Waals surface area (Å²) in [6.45, 7) is 3.30. The average Bonchev–Trinajstić information content (AvgIpc) is 3.18. The lowest BCUT2D eigenvalue weighted by Gasteiger charge is -2.23. The molecular formula is C15H24N2O. The van der Waals surface area contributed by atoms with Crippen LogP contribution in [0.1, 0.15) is 24.8 Å². The molecule has 1 aliphatic carbocycles. The minimum Gasteiger partial charge on any atom is -0.395 e. The first-order valence-corrected chi connectivity index (χ1v) is 6.83. The van der Waals surface area contributed by atoms with Gasteiger partial charge in [0.2, 0.25) is 0 Å². The van der Waals surface area contributed by atoms with Crippen molar-refractivity contribution in [2.24, 2.45) is 0 Å². The molecule has 0 heterocycles. The standard InChI is InChI=1S/C15H24N2O/c1-12-3-7-15(8-4-12)17(2)10-9-14(11-18)16-13-5-6-13/h3-4,7-8,13-14,16,18H,5-6,9-11H2,1-2H3. The summed E-state index contributed by atoms with van der Waals surface area (Å²) in [6, 6.07) is 9.47. The molecule has 1 aliphatic rings. The second kappa shape index (κ2) is 6.21. The van der Waals surface area contributed by atoms with Gasteiger partial charge in [-0.1, -0.05) is 17.7 Å². The van der Waals surface area contributed by atoms with Crippen LogP contribution in [0.15, 0.2) is 24.3 Å². The van der Waals surface area contributed by atoms with Crippen LogP contribution in [0.2, 0.25) is 0 Å². The van der Waals surface area contributed by atoms with Crippen molar-refractivity contribution in [2.45, 2.75) is 38.3 Å². The normalized spacial score (nSPS) is 16.6. The number of aliphatic hydroxyl groups excluding tert-OH is 1. The predicted molar refractivity (Wildman–Crippen MR) is 76.1 cm³/mol. The minimum atomic E-state index is 0.234. The molecule has 0 aromatic heterocycles. The zero-order chi connectivity index (χ0) is 13.0. The molecule has 0 amide bonds. The van der Waals surface area contributed by atoms with Crippen molar-refractivity contribution >= 4 is 5.69 Å². The molecule has 2 rings (SSSR count). The number of nitrogens with one attached hydrogen (secondary N) is 1.